The molecule has 0 aliphatic rings. The quantitative estimate of drug-likeness (QED) is 0.135. The van der Waals surface area contributed by atoms with Gasteiger partial charge in [0.15, 0.2) is 15.3 Å². The highest BCUT2D eigenvalue weighted by Gasteiger charge is 2.17. The smallest absolute Gasteiger partial charge is 0.234 e. The van der Waals surface area contributed by atoms with Gasteiger partial charge in [-0.05, 0) is 35.9 Å². The summed E-state index contributed by atoms with van der Waals surface area (Å²) in [5, 5.41) is 15.4. The van der Waals surface area contributed by atoms with Gasteiger partial charge in [-0.25, -0.2) is 4.98 Å². The van der Waals surface area contributed by atoms with Crippen molar-refractivity contribution in [3.63, 3.8) is 0 Å². The summed E-state index contributed by atoms with van der Waals surface area (Å²) in [5.41, 5.74) is 4.19. The third kappa shape index (κ3) is 7.72. The number of carbonyl (C=O) groups is 2. The molecule has 6 rings (SSSR count). The van der Waals surface area contributed by atoms with E-state index in [-0.39, 0.29) is 23.3 Å². The van der Waals surface area contributed by atoms with Crippen molar-refractivity contribution >= 4 is 68.3 Å². The van der Waals surface area contributed by atoms with Crippen LogP contribution < -0.4 is 15.4 Å². The summed E-state index contributed by atoms with van der Waals surface area (Å²) in [6.45, 7) is 0.590. The number of nitrogens with one attached hydrogen (secondary N) is 2. The number of hydrogen-bond donors (Lipinski definition) is 2. The molecule has 2 N–H and O–H groups in total. The van der Waals surface area contributed by atoms with Crippen LogP contribution in [0.4, 0.5) is 11.4 Å². The van der Waals surface area contributed by atoms with E-state index in [0.717, 1.165) is 31.5 Å². The molecule has 0 unspecified atom stereocenters. The lowest BCUT2D eigenvalue weighted by Gasteiger charge is -2.11. The molecule has 4 aromatic carbocycles. The molecule has 45 heavy (non-hydrogen) atoms. The molecule has 2 aromatic heterocycles. The summed E-state index contributed by atoms with van der Waals surface area (Å²) in [5.74, 6) is 1.44. The Morgan fingerprint density at radius 2 is 1.53 bits per heavy atom. The minimum atomic E-state index is -0.151. The molecule has 2 heterocycles. The number of fused-ring (bicyclic) bond motifs is 1. The highest BCUT2D eigenvalue weighted by molar-refractivity contribution is 8.01. The molecule has 0 aliphatic heterocycles. The number of methoxy groups -OCH3 is 1. The van der Waals surface area contributed by atoms with Crippen LogP contribution in [0.2, 0.25) is 0 Å². The number of para-hydroxylation sites is 2. The van der Waals surface area contributed by atoms with Crippen LogP contribution >= 0.6 is 34.9 Å². The normalized spacial score (nSPS) is 11.0. The van der Waals surface area contributed by atoms with Gasteiger partial charge in [-0.1, -0.05) is 96.3 Å². The van der Waals surface area contributed by atoms with E-state index in [1.54, 1.807) is 19.2 Å². The van der Waals surface area contributed by atoms with Gasteiger partial charge < -0.3 is 15.4 Å². The zero-order valence-electron chi connectivity index (χ0n) is 24.2. The van der Waals surface area contributed by atoms with E-state index in [1.165, 1.54) is 34.9 Å². The Labute approximate surface area is 272 Å². The number of hydrogen-bond acceptors (Lipinski definition) is 9. The highest BCUT2D eigenvalue weighted by atomic mass is 32.2. The minimum absolute atomic E-state index is 0.148. The van der Waals surface area contributed by atoms with Crippen LogP contribution in [0.1, 0.15) is 5.56 Å². The molecule has 0 radical (unpaired) electrons. The van der Waals surface area contributed by atoms with Crippen LogP contribution in [0.5, 0.6) is 5.75 Å². The first kappa shape index (κ1) is 30.4. The lowest BCUT2D eigenvalue weighted by Crippen LogP contribution is -2.14. The first-order chi connectivity index (χ1) is 22.1. The van der Waals surface area contributed by atoms with Crippen LogP contribution in [-0.2, 0) is 16.1 Å². The van der Waals surface area contributed by atoms with Crippen molar-refractivity contribution in [3.05, 3.63) is 109 Å². The van der Waals surface area contributed by atoms with Crippen LogP contribution in [0.15, 0.2) is 113 Å². The molecule has 12 heteroatoms. The summed E-state index contributed by atoms with van der Waals surface area (Å²) < 4.78 is 9.03. The first-order valence-electron chi connectivity index (χ1n) is 14.0. The van der Waals surface area contributed by atoms with Crippen molar-refractivity contribution in [2.45, 2.75) is 16.0 Å². The van der Waals surface area contributed by atoms with Gasteiger partial charge in [-0.3, -0.25) is 14.2 Å². The number of nitrogens with zero attached hydrogens (tertiary/aromatic N) is 4. The number of amides is 2. The van der Waals surface area contributed by atoms with Gasteiger partial charge in [0.05, 0.1) is 41.1 Å². The molecule has 0 spiro atoms. The average molecular weight is 653 g/mol. The van der Waals surface area contributed by atoms with E-state index in [9.17, 15) is 9.59 Å². The second-order valence-electron chi connectivity index (χ2n) is 9.78. The number of rotatable bonds is 12. The molecule has 0 fully saturated rings. The largest absolute Gasteiger partial charge is 0.495 e. The fourth-order valence-corrected chi connectivity index (χ4v) is 7.18. The molecular formula is C33H28N6O3S3. The van der Waals surface area contributed by atoms with Crippen molar-refractivity contribution in [1.29, 1.82) is 0 Å². The SMILES string of the molecule is COc1ccccc1NC(=O)CSc1nc2ccc(NC(=O)CSc3nnc(-c4ccccc4)n3Cc3ccccc3)cc2s1. The van der Waals surface area contributed by atoms with Crippen LogP contribution in [-0.4, -0.2) is 50.2 Å². The second kappa shape index (κ2) is 14.4. The van der Waals surface area contributed by atoms with Gasteiger partial charge in [-0.15, -0.1) is 21.5 Å². The van der Waals surface area contributed by atoms with Gasteiger partial charge in [0.1, 0.15) is 5.75 Å². The van der Waals surface area contributed by atoms with Crippen LogP contribution in [0.25, 0.3) is 21.6 Å². The summed E-state index contributed by atoms with van der Waals surface area (Å²) in [6.07, 6.45) is 0. The lowest BCUT2D eigenvalue weighted by molar-refractivity contribution is -0.114. The van der Waals surface area contributed by atoms with Crippen LogP contribution in [0.3, 0.4) is 0 Å². The van der Waals surface area contributed by atoms with Crippen molar-refractivity contribution in [1.82, 2.24) is 19.7 Å². The predicted molar refractivity (Wildman–Crippen MR) is 182 cm³/mol. The predicted octanol–water partition coefficient (Wildman–Crippen LogP) is 7.07. The third-order valence-electron chi connectivity index (χ3n) is 6.63. The fraction of sp³-hybridized carbons (Fsp3) is 0.121. The zero-order chi connectivity index (χ0) is 31.0. The fourth-order valence-electron chi connectivity index (χ4n) is 4.54. The number of thiazole rings is 1. The van der Waals surface area contributed by atoms with Crippen LogP contribution in [0, 0.1) is 0 Å². The molecule has 0 atom stereocenters. The highest BCUT2D eigenvalue weighted by Crippen LogP contribution is 2.32. The van der Waals surface area contributed by atoms with E-state index in [1.807, 2.05) is 83.4 Å². The van der Waals surface area contributed by atoms with Gasteiger partial charge in [0.2, 0.25) is 11.8 Å². The number of benzene rings is 4. The number of ether oxygens (including phenoxy) is 1. The van der Waals surface area contributed by atoms with Crippen molar-refractivity contribution < 1.29 is 14.3 Å². The topological polar surface area (TPSA) is 111 Å². The minimum Gasteiger partial charge on any atom is -0.495 e. The first-order valence-corrected chi connectivity index (χ1v) is 16.8. The van der Waals surface area contributed by atoms with E-state index in [0.29, 0.717) is 28.8 Å². The maximum atomic E-state index is 13.0. The van der Waals surface area contributed by atoms with Crippen molar-refractivity contribution in [2.24, 2.45) is 0 Å². The van der Waals surface area contributed by atoms with Gasteiger partial charge in [0.25, 0.3) is 0 Å². The second-order valence-corrected chi connectivity index (χ2v) is 13.0. The molecule has 2 amide bonds. The van der Waals surface area contributed by atoms with E-state index >= 15 is 0 Å². The monoisotopic (exact) mass is 652 g/mol. The number of anilines is 2. The molecule has 0 saturated heterocycles. The lowest BCUT2D eigenvalue weighted by atomic mass is 10.2. The van der Waals surface area contributed by atoms with Gasteiger partial charge in [-0.2, -0.15) is 0 Å². The molecule has 0 saturated carbocycles. The van der Waals surface area contributed by atoms with E-state index in [2.05, 4.69) is 37.9 Å². The van der Waals surface area contributed by atoms with Crippen molar-refractivity contribution in [2.75, 3.05) is 29.2 Å². The third-order valence-corrected chi connectivity index (χ3v) is 9.75. The molecule has 226 valence electrons. The Kier molecular flexibility index (Phi) is 9.74. The van der Waals surface area contributed by atoms with Gasteiger partial charge >= 0.3 is 0 Å². The summed E-state index contributed by atoms with van der Waals surface area (Å²) in [7, 11) is 1.57. The Morgan fingerprint density at radius 1 is 0.822 bits per heavy atom. The number of aromatic nitrogens is 4. The molecular weight excluding hydrogens is 625 g/mol. The summed E-state index contributed by atoms with van der Waals surface area (Å²) in [4.78, 5) is 30.1. The Hall–Kier alpha value is -4.65. The molecule has 0 bridgehead atoms. The molecule has 0 aliphatic carbocycles. The Bertz CT molecular complexity index is 1930. The van der Waals surface area contributed by atoms with E-state index < -0.39 is 0 Å². The Morgan fingerprint density at radius 3 is 2.33 bits per heavy atom. The molecule has 6 aromatic rings. The maximum Gasteiger partial charge on any atom is 0.234 e. The zero-order valence-corrected chi connectivity index (χ0v) is 26.6. The maximum absolute atomic E-state index is 13.0. The standard InChI is InChI=1S/C33H28N6O3S3/c1-42-27-15-9-8-14-25(27)35-30(41)21-44-33-36-26-17-16-24(18-28(26)45-33)34-29(40)20-43-32-38-37-31(23-12-6-3-7-13-23)39(32)19-22-10-4-2-5-11-22/h2-18H,19-21H2,1H3,(H,34,40)(H,35,41). The van der Waals surface area contributed by atoms with Crippen molar-refractivity contribution in [3.8, 4) is 17.1 Å². The van der Waals surface area contributed by atoms with Gasteiger partial charge in [0, 0.05) is 11.3 Å². The summed E-state index contributed by atoms with van der Waals surface area (Å²) in [6, 6.07) is 32.9. The number of thioether (sulfide) groups is 2. The average Bonchev–Trinajstić information content (AvgIpc) is 3.67. The molecule has 9 nitrogen and oxygen atoms in total. The number of carbonyl (C=O) groups excluding carboxylic acids is 2. The Balaban J connectivity index is 1.07. The summed E-state index contributed by atoms with van der Waals surface area (Å²) >= 11 is 4.19. The van der Waals surface area contributed by atoms with E-state index in [4.69, 9.17) is 4.74 Å².